The van der Waals surface area contributed by atoms with Crippen molar-refractivity contribution in [3.05, 3.63) is 23.3 Å². The third-order valence-electron chi connectivity index (χ3n) is 4.33. The predicted octanol–water partition coefficient (Wildman–Crippen LogP) is 3.17. The quantitative estimate of drug-likeness (QED) is 0.618. The van der Waals surface area contributed by atoms with E-state index in [-0.39, 0.29) is 12.2 Å². The van der Waals surface area contributed by atoms with E-state index in [0.717, 1.165) is 0 Å². The molecule has 0 bridgehead atoms. The monoisotopic (exact) mass is 250 g/mol. The summed E-state index contributed by atoms with van der Waals surface area (Å²) in [6, 6.07) is 0. The lowest BCUT2D eigenvalue weighted by Gasteiger charge is -2.23. The highest BCUT2D eigenvalue weighted by molar-refractivity contribution is 5.85. The van der Waals surface area contributed by atoms with Gasteiger partial charge in [0, 0.05) is 5.57 Å². The van der Waals surface area contributed by atoms with Crippen LogP contribution in [0.1, 0.15) is 40.0 Å². The Hall–Kier alpha value is -1.09. The smallest absolute Gasteiger partial charge is 0.330 e. The molecule has 1 aliphatic heterocycles. The summed E-state index contributed by atoms with van der Waals surface area (Å²) in [6.45, 7) is 6.03. The van der Waals surface area contributed by atoms with Gasteiger partial charge in [-0.1, -0.05) is 24.6 Å². The lowest BCUT2D eigenvalue weighted by atomic mass is 9.80. The Kier molecular flexibility index (Phi) is 3.91. The molecule has 4 unspecified atom stereocenters. The van der Waals surface area contributed by atoms with Crippen molar-refractivity contribution in [3.63, 3.8) is 0 Å². The summed E-state index contributed by atoms with van der Waals surface area (Å²) in [5.74, 6) is 0.281. The van der Waals surface area contributed by atoms with E-state index in [0.29, 0.717) is 23.8 Å². The number of carboxylic acids is 1. The number of aliphatic carboxylic acids is 1. The number of rotatable bonds is 3. The van der Waals surface area contributed by atoms with Gasteiger partial charge in [0.25, 0.3) is 0 Å². The van der Waals surface area contributed by atoms with Crippen LogP contribution in [-0.4, -0.2) is 23.3 Å². The summed E-state index contributed by atoms with van der Waals surface area (Å²) in [4.78, 5) is 10.8. The van der Waals surface area contributed by atoms with Gasteiger partial charge in [-0.2, -0.15) is 0 Å². The van der Waals surface area contributed by atoms with E-state index >= 15 is 0 Å². The van der Waals surface area contributed by atoms with Crippen LogP contribution in [-0.2, 0) is 9.53 Å². The lowest BCUT2D eigenvalue weighted by Crippen LogP contribution is -2.21. The number of ether oxygens (including phenoxy) is 1. The Morgan fingerprint density at radius 3 is 3.00 bits per heavy atom. The molecule has 3 nitrogen and oxygen atoms in total. The first-order valence-corrected chi connectivity index (χ1v) is 6.72. The van der Waals surface area contributed by atoms with Crippen LogP contribution in [0.3, 0.4) is 0 Å². The van der Waals surface area contributed by atoms with E-state index in [1.807, 2.05) is 0 Å². The van der Waals surface area contributed by atoms with Crippen LogP contribution in [0.5, 0.6) is 0 Å². The van der Waals surface area contributed by atoms with E-state index in [1.54, 1.807) is 13.0 Å². The first-order chi connectivity index (χ1) is 8.49. The minimum Gasteiger partial charge on any atom is -0.478 e. The maximum atomic E-state index is 10.8. The summed E-state index contributed by atoms with van der Waals surface area (Å²) in [5, 5.41) is 8.84. The fraction of sp³-hybridized carbons (Fsp3) is 0.667. The molecule has 1 fully saturated rings. The van der Waals surface area contributed by atoms with Crippen molar-refractivity contribution in [2.45, 2.75) is 52.2 Å². The molecule has 0 aromatic carbocycles. The highest BCUT2D eigenvalue weighted by Crippen LogP contribution is 2.41. The Bertz CT molecular complexity index is 395. The molecule has 18 heavy (non-hydrogen) atoms. The lowest BCUT2D eigenvalue weighted by molar-refractivity contribution is -0.132. The van der Waals surface area contributed by atoms with Gasteiger partial charge in [0.2, 0.25) is 0 Å². The molecule has 0 amide bonds. The molecule has 1 aliphatic carbocycles. The molecule has 100 valence electrons. The first kappa shape index (κ1) is 13.3. The molecule has 3 heteroatoms. The van der Waals surface area contributed by atoms with Crippen molar-refractivity contribution in [2.24, 2.45) is 11.8 Å². The van der Waals surface area contributed by atoms with E-state index in [2.05, 4.69) is 19.9 Å². The van der Waals surface area contributed by atoms with Gasteiger partial charge >= 0.3 is 5.97 Å². The summed E-state index contributed by atoms with van der Waals surface area (Å²) in [6.07, 6.45) is 7.53. The number of carboxylic acid groups (broad SMARTS) is 1. The van der Waals surface area contributed by atoms with Crippen LogP contribution < -0.4 is 0 Å². The Labute approximate surface area is 109 Å². The second-order valence-electron chi connectivity index (χ2n) is 5.64. The molecular formula is C15H22O3. The summed E-state index contributed by atoms with van der Waals surface area (Å²) >= 11 is 0. The van der Waals surface area contributed by atoms with Crippen LogP contribution in [0.2, 0.25) is 0 Å². The molecule has 1 N–H and O–H groups in total. The maximum Gasteiger partial charge on any atom is 0.330 e. The van der Waals surface area contributed by atoms with Gasteiger partial charge in [-0.3, -0.25) is 0 Å². The van der Waals surface area contributed by atoms with E-state index in [4.69, 9.17) is 9.84 Å². The zero-order valence-corrected chi connectivity index (χ0v) is 11.3. The molecule has 2 rings (SSSR count). The van der Waals surface area contributed by atoms with Crippen LogP contribution in [0, 0.1) is 11.8 Å². The Morgan fingerprint density at radius 1 is 1.61 bits per heavy atom. The van der Waals surface area contributed by atoms with Crippen molar-refractivity contribution in [3.8, 4) is 0 Å². The highest BCUT2D eigenvalue weighted by Gasteiger charge is 2.41. The first-order valence-electron chi connectivity index (χ1n) is 6.72. The normalized spacial score (nSPS) is 36.2. The summed E-state index contributed by atoms with van der Waals surface area (Å²) in [7, 11) is 0. The number of fused-ring (bicyclic) bond motifs is 1. The van der Waals surface area contributed by atoms with Gasteiger partial charge in [-0.05, 0) is 44.9 Å². The van der Waals surface area contributed by atoms with E-state index in [1.165, 1.54) is 18.4 Å². The van der Waals surface area contributed by atoms with E-state index in [9.17, 15) is 4.79 Å². The number of hydrogen-bond acceptors (Lipinski definition) is 2. The molecule has 0 spiro atoms. The van der Waals surface area contributed by atoms with E-state index < -0.39 is 5.97 Å². The SMILES string of the molecule is CC1=CC2OC(CC=C(C)C(=O)O)C(C)C2CC1. The summed E-state index contributed by atoms with van der Waals surface area (Å²) < 4.78 is 6.06. The average Bonchev–Trinajstić information content (AvgIpc) is 2.62. The molecule has 0 radical (unpaired) electrons. The van der Waals surface area contributed by atoms with Gasteiger partial charge in [-0.15, -0.1) is 0 Å². The molecule has 0 saturated carbocycles. The van der Waals surface area contributed by atoms with Crippen molar-refractivity contribution in [1.82, 2.24) is 0 Å². The molecule has 0 aromatic rings. The predicted molar refractivity (Wildman–Crippen MR) is 70.3 cm³/mol. The van der Waals surface area contributed by atoms with Gasteiger partial charge in [0.15, 0.2) is 0 Å². The molecule has 2 aliphatic rings. The van der Waals surface area contributed by atoms with Crippen molar-refractivity contribution in [1.29, 1.82) is 0 Å². The number of hydrogen-bond donors (Lipinski definition) is 1. The number of carbonyl (C=O) groups is 1. The fourth-order valence-corrected chi connectivity index (χ4v) is 3.00. The Morgan fingerprint density at radius 2 is 2.33 bits per heavy atom. The van der Waals surface area contributed by atoms with Gasteiger partial charge in [-0.25, -0.2) is 4.79 Å². The van der Waals surface area contributed by atoms with Crippen LogP contribution in [0.15, 0.2) is 23.3 Å². The van der Waals surface area contributed by atoms with Crippen molar-refractivity contribution < 1.29 is 14.6 Å². The second-order valence-corrected chi connectivity index (χ2v) is 5.64. The Balaban J connectivity index is 2.01. The fourth-order valence-electron chi connectivity index (χ4n) is 3.00. The molecule has 4 atom stereocenters. The van der Waals surface area contributed by atoms with Crippen LogP contribution >= 0.6 is 0 Å². The second kappa shape index (κ2) is 5.27. The highest BCUT2D eigenvalue weighted by atomic mass is 16.5. The van der Waals surface area contributed by atoms with Crippen LogP contribution in [0.25, 0.3) is 0 Å². The largest absolute Gasteiger partial charge is 0.478 e. The molecule has 1 saturated heterocycles. The van der Waals surface area contributed by atoms with Crippen molar-refractivity contribution in [2.75, 3.05) is 0 Å². The number of allylic oxidation sites excluding steroid dienone is 1. The summed E-state index contributed by atoms with van der Waals surface area (Å²) in [5.41, 5.74) is 1.83. The van der Waals surface area contributed by atoms with Crippen molar-refractivity contribution >= 4 is 5.97 Å². The third-order valence-corrected chi connectivity index (χ3v) is 4.33. The zero-order chi connectivity index (χ0) is 13.3. The third kappa shape index (κ3) is 2.66. The zero-order valence-electron chi connectivity index (χ0n) is 11.3. The maximum absolute atomic E-state index is 10.8. The van der Waals surface area contributed by atoms with Gasteiger partial charge < -0.3 is 9.84 Å². The van der Waals surface area contributed by atoms with Gasteiger partial charge in [0.05, 0.1) is 12.2 Å². The molecule has 1 heterocycles. The average molecular weight is 250 g/mol. The standard InChI is InChI=1S/C15H22O3/c1-9-4-6-12-11(3)13(18-14(12)8-9)7-5-10(2)15(16)17/h5,8,11-14H,4,6-7H2,1-3H3,(H,16,17). The minimum atomic E-state index is -0.839. The topological polar surface area (TPSA) is 46.5 Å². The van der Waals surface area contributed by atoms with Gasteiger partial charge in [0.1, 0.15) is 0 Å². The minimum absolute atomic E-state index is 0.163. The van der Waals surface area contributed by atoms with Crippen LogP contribution in [0.4, 0.5) is 0 Å². The molecular weight excluding hydrogens is 228 g/mol. The molecule has 0 aromatic heterocycles.